The number of Topliss-reactive ketones (excluding diaryl/α,β-unsaturated/α-hetero) is 2. The van der Waals surface area contributed by atoms with Crippen molar-refractivity contribution in [3.05, 3.63) is 34.4 Å². The lowest BCUT2D eigenvalue weighted by molar-refractivity contribution is -0.131. The van der Waals surface area contributed by atoms with Crippen LogP contribution in [0.1, 0.15) is 33.1 Å². The molecule has 0 N–H and O–H groups in total. The van der Waals surface area contributed by atoms with E-state index in [0.717, 1.165) is 17.6 Å². The Bertz CT molecular complexity index is 553. The van der Waals surface area contributed by atoms with Gasteiger partial charge in [-0.1, -0.05) is 23.3 Å². The quantitative estimate of drug-likeness (QED) is 0.623. The summed E-state index contributed by atoms with van der Waals surface area (Å²) in [7, 11) is 0. The maximum absolute atomic E-state index is 12.8. The van der Waals surface area contributed by atoms with Gasteiger partial charge in [-0.3, -0.25) is 9.59 Å². The molecule has 2 nitrogen and oxygen atoms in total. The van der Waals surface area contributed by atoms with Gasteiger partial charge in [0, 0.05) is 23.0 Å². The molecule has 0 aromatic carbocycles. The van der Waals surface area contributed by atoms with Gasteiger partial charge in [0.05, 0.1) is 0 Å². The molecular formula is C17H18O2. The summed E-state index contributed by atoms with van der Waals surface area (Å²) in [6, 6.07) is 0. The molecule has 98 valence electrons. The van der Waals surface area contributed by atoms with Crippen molar-refractivity contribution in [1.29, 1.82) is 0 Å². The largest absolute Gasteiger partial charge is 0.294 e. The SMILES string of the molecule is CC1=C(C)CC2=C(C1)C(=O)C1C(C2=O)[C@H]2C=C[C@@H]1C2. The zero-order valence-corrected chi connectivity index (χ0v) is 11.4. The molecule has 19 heavy (non-hydrogen) atoms. The van der Waals surface area contributed by atoms with Crippen LogP contribution in [0.4, 0.5) is 0 Å². The summed E-state index contributed by atoms with van der Waals surface area (Å²) in [5.74, 6) is 1.15. The van der Waals surface area contributed by atoms with Crippen LogP contribution in [0, 0.1) is 23.7 Å². The van der Waals surface area contributed by atoms with Crippen molar-refractivity contribution in [3.63, 3.8) is 0 Å². The van der Waals surface area contributed by atoms with Crippen LogP contribution in [0.25, 0.3) is 0 Å². The van der Waals surface area contributed by atoms with Crippen LogP contribution in [0.5, 0.6) is 0 Å². The van der Waals surface area contributed by atoms with Crippen molar-refractivity contribution < 1.29 is 9.59 Å². The van der Waals surface area contributed by atoms with Crippen LogP contribution in [-0.4, -0.2) is 11.6 Å². The van der Waals surface area contributed by atoms with Gasteiger partial charge in [0.25, 0.3) is 0 Å². The third-order valence-electron chi connectivity index (χ3n) is 5.64. The number of hydrogen-bond acceptors (Lipinski definition) is 2. The lowest BCUT2D eigenvalue weighted by Gasteiger charge is -2.35. The topological polar surface area (TPSA) is 34.1 Å². The molecule has 4 aliphatic carbocycles. The molecule has 0 amide bonds. The molecule has 4 rings (SSSR count). The Balaban J connectivity index is 1.81. The van der Waals surface area contributed by atoms with Crippen LogP contribution in [-0.2, 0) is 9.59 Å². The minimum atomic E-state index is -0.0348. The average molecular weight is 254 g/mol. The molecule has 0 radical (unpaired) electrons. The van der Waals surface area contributed by atoms with Gasteiger partial charge in [-0.2, -0.15) is 0 Å². The molecule has 1 saturated carbocycles. The van der Waals surface area contributed by atoms with Gasteiger partial charge in [-0.25, -0.2) is 0 Å². The lowest BCUT2D eigenvalue weighted by atomic mass is 9.66. The first-order valence-electron chi connectivity index (χ1n) is 7.22. The molecule has 2 heteroatoms. The second kappa shape index (κ2) is 3.56. The van der Waals surface area contributed by atoms with Crippen molar-refractivity contribution in [2.24, 2.45) is 23.7 Å². The van der Waals surface area contributed by atoms with Crippen LogP contribution in [0.3, 0.4) is 0 Å². The number of ketones is 2. The summed E-state index contributed by atoms with van der Waals surface area (Å²) < 4.78 is 0. The normalized spacial score (nSPS) is 40.1. The maximum atomic E-state index is 12.8. The Morgan fingerprint density at radius 3 is 1.68 bits per heavy atom. The van der Waals surface area contributed by atoms with Gasteiger partial charge in [0.1, 0.15) is 0 Å². The highest BCUT2D eigenvalue weighted by atomic mass is 16.1. The van der Waals surface area contributed by atoms with E-state index in [-0.39, 0.29) is 23.4 Å². The maximum Gasteiger partial charge on any atom is 0.164 e. The monoisotopic (exact) mass is 254 g/mol. The van der Waals surface area contributed by atoms with Crippen LogP contribution in [0.15, 0.2) is 34.4 Å². The predicted octanol–water partition coefficient (Wildman–Crippen LogP) is 3.00. The molecule has 0 heterocycles. The van der Waals surface area contributed by atoms with Crippen LogP contribution in [0.2, 0.25) is 0 Å². The summed E-state index contributed by atoms with van der Waals surface area (Å²) in [5.41, 5.74) is 4.24. The van der Waals surface area contributed by atoms with Crippen LogP contribution >= 0.6 is 0 Å². The zero-order chi connectivity index (χ0) is 13.3. The van der Waals surface area contributed by atoms with E-state index >= 15 is 0 Å². The zero-order valence-electron chi connectivity index (χ0n) is 11.4. The number of carbonyl (C=O) groups excluding carboxylic acids is 2. The average Bonchev–Trinajstić information content (AvgIpc) is 2.99. The highest BCUT2D eigenvalue weighted by Gasteiger charge is 2.55. The highest BCUT2D eigenvalue weighted by molar-refractivity contribution is 6.15. The number of rotatable bonds is 0. The number of fused-ring (bicyclic) bond motifs is 5. The summed E-state index contributed by atoms with van der Waals surface area (Å²) in [4.78, 5) is 25.5. The van der Waals surface area contributed by atoms with E-state index in [1.165, 1.54) is 11.1 Å². The molecule has 4 aliphatic rings. The van der Waals surface area contributed by atoms with E-state index in [4.69, 9.17) is 0 Å². The summed E-state index contributed by atoms with van der Waals surface area (Å²) >= 11 is 0. The molecule has 0 aliphatic heterocycles. The molecule has 0 aromatic rings. The standard InChI is InChI=1S/C17H18O2/c1-8-5-12-13(6-9(8)2)17(19)15-11-4-3-10(7-11)14(15)16(12)18/h3-4,10-11,14-15H,5-7H2,1-2H3/t10-,11+,14?,15?. The molecule has 0 aromatic heterocycles. The number of hydrogen-bond donors (Lipinski definition) is 0. The summed E-state index contributed by atoms with van der Waals surface area (Å²) in [6.07, 6.45) is 6.75. The van der Waals surface area contributed by atoms with E-state index < -0.39 is 0 Å². The molecule has 0 saturated heterocycles. The van der Waals surface area contributed by atoms with E-state index in [0.29, 0.717) is 24.7 Å². The van der Waals surface area contributed by atoms with Crippen molar-refractivity contribution >= 4 is 11.6 Å². The van der Waals surface area contributed by atoms with Crippen molar-refractivity contribution in [2.75, 3.05) is 0 Å². The minimum absolute atomic E-state index is 0.0348. The third-order valence-corrected chi connectivity index (χ3v) is 5.64. The fraction of sp³-hybridized carbons (Fsp3) is 0.529. The third kappa shape index (κ3) is 1.32. The fourth-order valence-electron chi connectivity index (χ4n) is 4.46. The van der Waals surface area contributed by atoms with Crippen molar-refractivity contribution in [1.82, 2.24) is 0 Å². The van der Waals surface area contributed by atoms with Gasteiger partial charge in [0.2, 0.25) is 0 Å². The molecule has 2 bridgehead atoms. The second-order valence-corrected chi connectivity index (χ2v) is 6.60. The molecule has 2 unspecified atom stereocenters. The minimum Gasteiger partial charge on any atom is -0.294 e. The van der Waals surface area contributed by atoms with Gasteiger partial charge < -0.3 is 0 Å². The Hall–Kier alpha value is -1.44. The van der Waals surface area contributed by atoms with Gasteiger partial charge in [-0.05, 0) is 44.9 Å². The Kier molecular flexibility index (Phi) is 2.13. The van der Waals surface area contributed by atoms with E-state index in [2.05, 4.69) is 26.0 Å². The van der Waals surface area contributed by atoms with Gasteiger partial charge >= 0.3 is 0 Å². The lowest BCUT2D eigenvalue weighted by Crippen LogP contribution is -2.41. The van der Waals surface area contributed by atoms with Gasteiger partial charge in [0.15, 0.2) is 11.6 Å². The summed E-state index contributed by atoms with van der Waals surface area (Å²) in [5, 5.41) is 0. The fourth-order valence-corrected chi connectivity index (χ4v) is 4.46. The summed E-state index contributed by atoms with van der Waals surface area (Å²) in [6.45, 7) is 4.17. The number of carbonyl (C=O) groups is 2. The van der Waals surface area contributed by atoms with Crippen molar-refractivity contribution in [2.45, 2.75) is 33.1 Å². The first-order chi connectivity index (χ1) is 9.08. The van der Waals surface area contributed by atoms with Gasteiger partial charge in [-0.15, -0.1) is 0 Å². The highest BCUT2D eigenvalue weighted by Crippen LogP contribution is 2.54. The predicted molar refractivity (Wildman–Crippen MR) is 72.4 cm³/mol. The Morgan fingerprint density at radius 2 is 1.26 bits per heavy atom. The molecule has 1 fully saturated rings. The van der Waals surface area contributed by atoms with E-state index in [9.17, 15) is 9.59 Å². The molecule has 4 atom stereocenters. The first-order valence-corrected chi connectivity index (χ1v) is 7.22. The Labute approximate surface area is 113 Å². The molecule has 0 spiro atoms. The first kappa shape index (κ1) is 11.4. The second-order valence-electron chi connectivity index (χ2n) is 6.60. The van der Waals surface area contributed by atoms with Crippen molar-refractivity contribution in [3.8, 4) is 0 Å². The Morgan fingerprint density at radius 1 is 0.842 bits per heavy atom. The molecular weight excluding hydrogens is 236 g/mol. The van der Waals surface area contributed by atoms with Crippen LogP contribution < -0.4 is 0 Å². The van der Waals surface area contributed by atoms with E-state index in [1.807, 2.05) is 0 Å². The smallest absolute Gasteiger partial charge is 0.164 e. The van der Waals surface area contributed by atoms with E-state index in [1.54, 1.807) is 0 Å². The number of allylic oxidation sites excluding steroid dienone is 6.